The van der Waals surface area contributed by atoms with Crippen LogP contribution in [0.25, 0.3) is 0 Å². The Morgan fingerprint density at radius 3 is 2.44 bits per heavy atom. The fourth-order valence-corrected chi connectivity index (χ4v) is 4.30. The van der Waals surface area contributed by atoms with Gasteiger partial charge in [0.2, 0.25) is 5.91 Å². The van der Waals surface area contributed by atoms with Crippen molar-refractivity contribution in [3.05, 3.63) is 63.1 Å². The predicted octanol–water partition coefficient (Wildman–Crippen LogP) is 5.49. The number of likely N-dealkylation sites (tertiary alicyclic amines) is 1. The number of benzene rings is 2. The van der Waals surface area contributed by atoms with Crippen LogP contribution in [0.15, 0.2) is 36.4 Å². The maximum absolute atomic E-state index is 13.1. The van der Waals surface area contributed by atoms with Crippen molar-refractivity contribution < 1.29 is 27.9 Å². The van der Waals surface area contributed by atoms with Crippen molar-refractivity contribution in [2.24, 2.45) is 5.92 Å². The summed E-state index contributed by atoms with van der Waals surface area (Å²) in [5, 5.41) is 11.2. The van der Waals surface area contributed by atoms with E-state index in [4.69, 9.17) is 28.3 Å². The number of halogens is 5. The third kappa shape index (κ3) is 6.15. The van der Waals surface area contributed by atoms with E-state index in [1.54, 1.807) is 18.2 Å². The van der Waals surface area contributed by atoms with Crippen molar-refractivity contribution in [2.45, 2.75) is 32.0 Å². The Balaban J connectivity index is 1.64. The highest BCUT2D eigenvalue weighted by atomic mass is 35.5. The molecule has 0 unspecified atom stereocenters. The molecule has 172 valence electrons. The maximum atomic E-state index is 13.1. The van der Waals surface area contributed by atoms with Crippen LogP contribution in [0, 0.1) is 5.92 Å². The molecule has 0 spiro atoms. The lowest BCUT2D eigenvalue weighted by atomic mass is 9.97. The lowest BCUT2D eigenvalue weighted by Gasteiger charge is -2.30. The number of piperidine rings is 1. The SMILES string of the molecule is O=C(Cc1c(Cl)ccc(C(F)(F)F)c1Cl)Nc1cccc(CN2CCC(C(=O)O)CC2)c1. The summed E-state index contributed by atoms with van der Waals surface area (Å²) in [5.74, 6) is -1.63. The van der Waals surface area contributed by atoms with Gasteiger partial charge in [0, 0.05) is 17.3 Å². The molecule has 1 fully saturated rings. The lowest BCUT2D eigenvalue weighted by Crippen LogP contribution is -2.35. The van der Waals surface area contributed by atoms with E-state index in [2.05, 4.69) is 10.2 Å². The van der Waals surface area contributed by atoms with Crippen LogP contribution in [-0.4, -0.2) is 35.0 Å². The third-order valence-electron chi connectivity index (χ3n) is 5.38. The number of anilines is 1. The van der Waals surface area contributed by atoms with E-state index in [1.165, 1.54) is 0 Å². The van der Waals surface area contributed by atoms with Gasteiger partial charge in [0.1, 0.15) is 0 Å². The number of nitrogens with one attached hydrogen (secondary N) is 1. The van der Waals surface area contributed by atoms with Crippen LogP contribution < -0.4 is 5.32 Å². The van der Waals surface area contributed by atoms with Gasteiger partial charge in [-0.25, -0.2) is 0 Å². The van der Waals surface area contributed by atoms with Crippen LogP contribution in [0.4, 0.5) is 18.9 Å². The van der Waals surface area contributed by atoms with Crippen molar-refractivity contribution >= 4 is 40.8 Å². The Hall–Kier alpha value is -2.29. The Labute approximate surface area is 193 Å². The van der Waals surface area contributed by atoms with E-state index >= 15 is 0 Å². The monoisotopic (exact) mass is 488 g/mol. The lowest BCUT2D eigenvalue weighted by molar-refractivity contribution is -0.143. The summed E-state index contributed by atoms with van der Waals surface area (Å²) in [6, 6.07) is 8.96. The highest BCUT2D eigenvalue weighted by molar-refractivity contribution is 6.36. The summed E-state index contributed by atoms with van der Waals surface area (Å²) in [6.07, 6.45) is -3.89. The Bertz CT molecular complexity index is 1010. The number of rotatable bonds is 6. The summed E-state index contributed by atoms with van der Waals surface area (Å²) >= 11 is 11.9. The van der Waals surface area contributed by atoms with Gasteiger partial charge in [-0.05, 0) is 61.3 Å². The molecule has 32 heavy (non-hydrogen) atoms. The zero-order valence-electron chi connectivity index (χ0n) is 16.9. The van der Waals surface area contributed by atoms with Gasteiger partial charge >= 0.3 is 12.1 Å². The maximum Gasteiger partial charge on any atom is 0.417 e. The van der Waals surface area contributed by atoms with Crippen LogP contribution in [0.2, 0.25) is 10.0 Å². The van der Waals surface area contributed by atoms with Crippen LogP contribution in [0.5, 0.6) is 0 Å². The van der Waals surface area contributed by atoms with Crippen LogP contribution in [0.3, 0.4) is 0 Å². The second kappa shape index (κ2) is 10.1. The molecule has 0 radical (unpaired) electrons. The average molecular weight is 489 g/mol. The van der Waals surface area contributed by atoms with Gasteiger partial charge in [0.25, 0.3) is 0 Å². The first-order valence-corrected chi connectivity index (χ1v) is 10.7. The molecular weight excluding hydrogens is 468 g/mol. The number of carbonyl (C=O) groups excluding carboxylic acids is 1. The zero-order valence-corrected chi connectivity index (χ0v) is 18.4. The van der Waals surface area contributed by atoms with Crippen molar-refractivity contribution in [2.75, 3.05) is 18.4 Å². The molecule has 0 atom stereocenters. The molecule has 0 aliphatic carbocycles. The Morgan fingerprint density at radius 2 is 1.81 bits per heavy atom. The first-order valence-electron chi connectivity index (χ1n) is 9.92. The van der Waals surface area contributed by atoms with Crippen molar-refractivity contribution in [1.82, 2.24) is 4.90 Å². The van der Waals surface area contributed by atoms with Gasteiger partial charge in [0.05, 0.1) is 22.9 Å². The third-order valence-corrected chi connectivity index (χ3v) is 6.17. The molecular formula is C22H21Cl2F3N2O3. The number of aliphatic carboxylic acids is 1. The minimum absolute atomic E-state index is 0.0170. The van der Waals surface area contributed by atoms with Crippen molar-refractivity contribution in [3.8, 4) is 0 Å². The molecule has 5 nitrogen and oxygen atoms in total. The van der Waals surface area contributed by atoms with E-state index in [1.807, 2.05) is 6.07 Å². The number of carboxylic acids is 1. The van der Waals surface area contributed by atoms with Gasteiger partial charge < -0.3 is 10.4 Å². The summed E-state index contributed by atoms with van der Waals surface area (Å²) in [7, 11) is 0. The zero-order chi connectivity index (χ0) is 23.5. The quantitative estimate of drug-likeness (QED) is 0.563. The summed E-state index contributed by atoms with van der Waals surface area (Å²) < 4.78 is 39.2. The molecule has 1 amide bonds. The second-order valence-electron chi connectivity index (χ2n) is 7.70. The standard InChI is InChI=1S/C22H21Cl2F3N2O3/c23-18-5-4-17(22(25,26)27)20(24)16(18)11-19(30)28-15-3-1-2-13(10-15)12-29-8-6-14(7-9-29)21(31)32/h1-5,10,14H,6-9,11-12H2,(H,28,30)(H,31,32). The molecule has 10 heteroatoms. The minimum atomic E-state index is -4.65. The smallest absolute Gasteiger partial charge is 0.417 e. The molecule has 1 aliphatic rings. The molecule has 0 aromatic heterocycles. The number of amides is 1. The van der Waals surface area contributed by atoms with Gasteiger partial charge in [-0.2, -0.15) is 13.2 Å². The van der Waals surface area contributed by atoms with Crippen LogP contribution in [0.1, 0.15) is 29.5 Å². The molecule has 0 saturated carbocycles. The topological polar surface area (TPSA) is 69.6 Å². The number of hydrogen-bond donors (Lipinski definition) is 2. The van der Waals surface area contributed by atoms with Crippen molar-refractivity contribution in [1.29, 1.82) is 0 Å². The first-order chi connectivity index (χ1) is 15.0. The van der Waals surface area contributed by atoms with Gasteiger partial charge in [-0.15, -0.1) is 0 Å². The van der Waals surface area contributed by atoms with Crippen LogP contribution >= 0.6 is 23.2 Å². The molecule has 2 N–H and O–H groups in total. The molecule has 1 saturated heterocycles. The first kappa shape index (κ1) is 24.4. The number of carboxylic acid groups (broad SMARTS) is 1. The Kier molecular flexibility index (Phi) is 7.69. The van der Waals surface area contributed by atoms with Gasteiger partial charge in [0.15, 0.2) is 0 Å². The molecule has 2 aromatic rings. The van der Waals surface area contributed by atoms with E-state index in [0.29, 0.717) is 38.2 Å². The van der Waals surface area contributed by atoms with Crippen molar-refractivity contribution in [3.63, 3.8) is 0 Å². The molecule has 2 aromatic carbocycles. The van der Waals surface area contributed by atoms with E-state index in [-0.39, 0.29) is 16.5 Å². The number of nitrogens with zero attached hydrogens (tertiary/aromatic N) is 1. The highest BCUT2D eigenvalue weighted by Crippen LogP contribution is 2.39. The highest BCUT2D eigenvalue weighted by Gasteiger charge is 2.34. The van der Waals surface area contributed by atoms with Gasteiger partial charge in [-0.3, -0.25) is 14.5 Å². The normalized spacial score (nSPS) is 15.5. The van der Waals surface area contributed by atoms with E-state index < -0.39 is 35.1 Å². The fourth-order valence-electron chi connectivity index (χ4n) is 3.69. The fraction of sp³-hybridized carbons (Fsp3) is 0.364. The molecule has 0 bridgehead atoms. The number of hydrogen-bond acceptors (Lipinski definition) is 3. The molecule has 1 aliphatic heterocycles. The molecule has 1 heterocycles. The van der Waals surface area contributed by atoms with Crippen LogP contribution in [-0.2, 0) is 28.7 Å². The van der Waals surface area contributed by atoms with E-state index in [0.717, 1.165) is 17.7 Å². The summed E-state index contributed by atoms with van der Waals surface area (Å²) in [6.45, 7) is 1.93. The minimum Gasteiger partial charge on any atom is -0.481 e. The average Bonchev–Trinajstić information content (AvgIpc) is 2.70. The number of alkyl halides is 3. The molecule has 3 rings (SSSR count). The Morgan fingerprint density at radius 1 is 1.12 bits per heavy atom. The van der Waals surface area contributed by atoms with Gasteiger partial charge in [-0.1, -0.05) is 35.3 Å². The number of carbonyl (C=O) groups is 2. The largest absolute Gasteiger partial charge is 0.481 e. The summed E-state index contributed by atoms with van der Waals surface area (Å²) in [5.41, 5.74) is 0.289. The second-order valence-corrected chi connectivity index (χ2v) is 8.48. The predicted molar refractivity (Wildman–Crippen MR) is 116 cm³/mol. The van der Waals surface area contributed by atoms with E-state index in [9.17, 15) is 22.8 Å². The summed E-state index contributed by atoms with van der Waals surface area (Å²) in [4.78, 5) is 25.7.